The molecule has 0 saturated heterocycles. The molecule has 0 saturated carbocycles. The summed E-state index contributed by atoms with van der Waals surface area (Å²) in [5.41, 5.74) is 0. The van der Waals surface area contributed by atoms with Crippen LogP contribution in [-0.4, -0.2) is 23.2 Å². The van der Waals surface area contributed by atoms with Gasteiger partial charge in [-0.15, -0.1) is 0 Å². The molecule has 6 heteroatoms. The van der Waals surface area contributed by atoms with Crippen LogP contribution in [0, 0.1) is 0 Å². The molecule has 0 aromatic rings. The van der Waals surface area contributed by atoms with Gasteiger partial charge < -0.3 is 5.48 Å². The molecule has 0 aliphatic heterocycles. The summed E-state index contributed by atoms with van der Waals surface area (Å²) in [5, 5.41) is 0. The molecule has 0 unspecified atom stereocenters. The fourth-order valence-electron chi connectivity index (χ4n) is 0. The van der Waals surface area contributed by atoms with Gasteiger partial charge in [-0.2, -0.15) is 8.42 Å². The Labute approximate surface area is 83.4 Å². The zero-order valence-electron chi connectivity index (χ0n) is 6.62. The largest absolute Gasteiger partial charge is 1.00 e. The van der Waals surface area contributed by atoms with Gasteiger partial charge in [-0.05, 0) is 20.8 Å². The molecule has 0 aliphatic carbocycles. The summed E-state index contributed by atoms with van der Waals surface area (Å²) >= 11 is 0. The van der Waals surface area contributed by atoms with Crippen molar-refractivity contribution in [2.24, 2.45) is 0 Å². The van der Waals surface area contributed by atoms with Crippen LogP contribution in [0.2, 0.25) is 0 Å². The Morgan fingerprint density at radius 2 is 1.30 bits per heavy atom. The van der Waals surface area contributed by atoms with Gasteiger partial charge in [-0.25, -0.2) is 0 Å². The first-order valence-corrected chi connectivity index (χ1v) is 3.66. The molecule has 0 spiro atoms. The summed E-state index contributed by atoms with van der Waals surface area (Å²) in [4.78, 5) is 0. The van der Waals surface area contributed by atoms with Crippen LogP contribution in [0.15, 0.2) is 0 Å². The SMILES string of the molecule is CC(C)(C)S(=O)(=O)O.[Na+].[OH-]. The van der Waals surface area contributed by atoms with Gasteiger partial charge in [-0.1, -0.05) is 0 Å². The smallest absolute Gasteiger partial charge is 0.870 e. The van der Waals surface area contributed by atoms with E-state index in [9.17, 15) is 8.42 Å². The fraction of sp³-hybridized carbons (Fsp3) is 1.00. The summed E-state index contributed by atoms with van der Waals surface area (Å²) in [5.74, 6) is 0. The van der Waals surface area contributed by atoms with Crippen molar-refractivity contribution >= 4 is 10.1 Å². The van der Waals surface area contributed by atoms with Crippen LogP contribution in [0.1, 0.15) is 20.8 Å². The molecule has 0 radical (unpaired) electrons. The summed E-state index contributed by atoms with van der Waals surface area (Å²) in [7, 11) is -3.84. The Bertz CT molecular complexity index is 166. The second-order valence-corrected chi connectivity index (χ2v) is 4.76. The molecule has 0 aromatic heterocycles. The molecule has 0 amide bonds. The minimum absolute atomic E-state index is 0. The fourth-order valence-corrected chi connectivity index (χ4v) is 0. The van der Waals surface area contributed by atoms with Gasteiger partial charge in [0.2, 0.25) is 0 Å². The minimum atomic E-state index is -3.84. The third kappa shape index (κ3) is 5.64. The van der Waals surface area contributed by atoms with E-state index in [1.807, 2.05) is 0 Å². The molecule has 0 bridgehead atoms. The minimum Gasteiger partial charge on any atom is -0.870 e. The third-order valence-corrected chi connectivity index (χ3v) is 2.32. The van der Waals surface area contributed by atoms with Gasteiger partial charge in [0.15, 0.2) is 0 Å². The van der Waals surface area contributed by atoms with Gasteiger partial charge >= 0.3 is 29.6 Å². The third-order valence-electron chi connectivity index (χ3n) is 0.774. The van der Waals surface area contributed by atoms with Crippen molar-refractivity contribution in [3.05, 3.63) is 0 Å². The first kappa shape index (κ1) is 17.1. The molecule has 0 aliphatic rings. The molecule has 58 valence electrons. The molecule has 4 nitrogen and oxygen atoms in total. The molecule has 0 heterocycles. The van der Waals surface area contributed by atoms with E-state index >= 15 is 0 Å². The van der Waals surface area contributed by atoms with Crippen LogP contribution in [0.25, 0.3) is 0 Å². The predicted molar refractivity (Wildman–Crippen MR) is 33.2 cm³/mol. The van der Waals surface area contributed by atoms with E-state index in [2.05, 4.69) is 0 Å². The topological polar surface area (TPSA) is 84.4 Å². The van der Waals surface area contributed by atoms with Crippen molar-refractivity contribution in [2.45, 2.75) is 25.5 Å². The molecule has 0 atom stereocenters. The Kier molecular flexibility index (Phi) is 8.02. The van der Waals surface area contributed by atoms with Gasteiger partial charge in [0, 0.05) is 0 Å². The molecule has 10 heavy (non-hydrogen) atoms. The second kappa shape index (κ2) is 4.69. The first-order chi connectivity index (χ1) is 3.25. The summed E-state index contributed by atoms with van der Waals surface area (Å²) in [6.45, 7) is 4.30. The van der Waals surface area contributed by atoms with Gasteiger partial charge in [-0.3, -0.25) is 4.55 Å². The van der Waals surface area contributed by atoms with Crippen LogP contribution in [-0.2, 0) is 10.1 Å². The van der Waals surface area contributed by atoms with E-state index in [4.69, 9.17) is 4.55 Å². The van der Waals surface area contributed by atoms with Crippen molar-refractivity contribution in [3.63, 3.8) is 0 Å². The predicted octanol–water partition coefficient (Wildman–Crippen LogP) is -2.50. The molecule has 0 aromatic carbocycles. The average Bonchev–Trinajstić information content (AvgIpc) is 1.25. The zero-order valence-corrected chi connectivity index (χ0v) is 9.44. The van der Waals surface area contributed by atoms with Crippen LogP contribution in [0.5, 0.6) is 0 Å². The van der Waals surface area contributed by atoms with E-state index < -0.39 is 14.9 Å². The quantitative estimate of drug-likeness (QED) is 0.328. The van der Waals surface area contributed by atoms with Crippen LogP contribution >= 0.6 is 0 Å². The van der Waals surface area contributed by atoms with Crippen molar-refractivity contribution in [3.8, 4) is 0 Å². The van der Waals surface area contributed by atoms with Gasteiger partial charge in [0.05, 0.1) is 4.75 Å². The van der Waals surface area contributed by atoms with Crippen molar-refractivity contribution in [2.75, 3.05) is 0 Å². The molecule has 0 rings (SSSR count). The molecule has 2 N–H and O–H groups in total. The van der Waals surface area contributed by atoms with E-state index in [0.29, 0.717) is 0 Å². The number of rotatable bonds is 0. The summed E-state index contributed by atoms with van der Waals surface area (Å²) in [6, 6.07) is 0. The van der Waals surface area contributed by atoms with Crippen LogP contribution in [0.4, 0.5) is 0 Å². The number of hydrogen-bond acceptors (Lipinski definition) is 3. The Morgan fingerprint density at radius 1 is 1.20 bits per heavy atom. The number of hydrogen-bond donors (Lipinski definition) is 1. The van der Waals surface area contributed by atoms with Gasteiger partial charge in [0.25, 0.3) is 10.1 Å². The van der Waals surface area contributed by atoms with E-state index in [0.717, 1.165) is 0 Å². The van der Waals surface area contributed by atoms with Crippen molar-refractivity contribution < 1.29 is 48.0 Å². The molecule has 0 fully saturated rings. The second-order valence-electron chi connectivity index (χ2n) is 2.59. The summed E-state index contributed by atoms with van der Waals surface area (Å²) in [6.07, 6.45) is 0. The Hall–Kier alpha value is 0.870. The molecular formula is C4H11NaO4S. The van der Waals surface area contributed by atoms with Gasteiger partial charge in [0.1, 0.15) is 0 Å². The first-order valence-electron chi connectivity index (χ1n) is 2.22. The van der Waals surface area contributed by atoms with E-state index in [1.165, 1.54) is 20.8 Å². The van der Waals surface area contributed by atoms with E-state index in [1.54, 1.807) is 0 Å². The van der Waals surface area contributed by atoms with Crippen molar-refractivity contribution in [1.29, 1.82) is 0 Å². The normalized spacial score (nSPS) is 11.2. The molecular weight excluding hydrogens is 167 g/mol. The van der Waals surface area contributed by atoms with Crippen LogP contribution in [0.3, 0.4) is 0 Å². The Morgan fingerprint density at radius 3 is 1.30 bits per heavy atom. The summed E-state index contributed by atoms with van der Waals surface area (Å²) < 4.78 is 27.7. The maximum absolute atomic E-state index is 10.2. The van der Waals surface area contributed by atoms with E-state index in [-0.39, 0.29) is 35.0 Å². The standard InChI is InChI=1S/C4H10O3S.Na.H2O/c1-4(2,3)8(5,6)7;;/h1-3H3,(H,5,6,7);;1H2/q;+1;/p-1. The van der Waals surface area contributed by atoms with Crippen LogP contribution < -0.4 is 29.6 Å². The average molecular weight is 178 g/mol. The Balaban J connectivity index is -0.000000245. The zero-order chi connectivity index (χ0) is 7.00. The maximum atomic E-state index is 10.2. The maximum Gasteiger partial charge on any atom is 1.00 e. The van der Waals surface area contributed by atoms with Crippen molar-refractivity contribution in [1.82, 2.24) is 0 Å². The monoisotopic (exact) mass is 178 g/mol.